The molecular formula is C34H42F4O2. The van der Waals surface area contributed by atoms with E-state index in [1.54, 1.807) is 24.3 Å². The van der Waals surface area contributed by atoms with Crippen molar-refractivity contribution in [1.29, 1.82) is 0 Å². The largest absolute Gasteiger partial charge is 0.454 e. The maximum Gasteiger partial charge on any atom is 0.432 e. The summed E-state index contributed by atoms with van der Waals surface area (Å²) in [6.45, 7) is 4.35. The summed E-state index contributed by atoms with van der Waals surface area (Å²) < 4.78 is 70.0. The van der Waals surface area contributed by atoms with E-state index in [9.17, 15) is 4.39 Å². The van der Waals surface area contributed by atoms with Crippen LogP contribution in [0.25, 0.3) is 0 Å². The zero-order chi connectivity index (χ0) is 28.8. The fraction of sp³-hybridized carbons (Fsp3) is 0.471. The van der Waals surface area contributed by atoms with Crippen LogP contribution in [0.15, 0.2) is 60.7 Å². The first-order chi connectivity index (χ1) is 19.3. The summed E-state index contributed by atoms with van der Waals surface area (Å²) in [7, 11) is 0. The lowest BCUT2D eigenvalue weighted by atomic mass is 10.0. The van der Waals surface area contributed by atoms with Gasteiger partial charge in [-0.3, -0.25) is 0 Å². The van der Waals surface area contributed by atoms with Gasteiger partial charge >= 0.3 is 6.11 Å². The molecule has 0 spiro atoms. The molecule has 0 aromatic heterocycles. The van der Waals surface area contributed by atoms with Gasteiger partial charge in [0.05, 0.1) is 0 Å². The van der Waals surface area contributed by atoms with Gasteiger partial charge in [0.15, 0.2) is 11.6 Å². The molecule has 0 fully saturated rings. The number of rotatable bonds is 18. The van der Waals surface area contributed by atoms with Gasteiger partial charge in [-0.1, -0.05) is 95.9 Å². The van der Waals surface area contributed by atoms with Crippen LogP contribution < -0.4 is 9.47 Å². The molecule has 2 nitrogen and oxygen atoms in total. The summed E-state index contributed by atoms with van der Waals surface area (Å²) in [6, 6.07) is 15.0. The van der Waals surface area contributed by atoms with Crippen molar-refractivity contribution >= 4 is 0 Å². The van der Waals surface area contributed by atoms with Gasteiger partial charge in [0.25, 0.3) is 0 Å². The molecule has 0 amide bonds. The molecule has 0 atom stereocenters. The normalized spacial score (nSPS) is 11.6. The Bertz CT molecular complexity index is 1140. The monoisotopic (exact) mass is 558 g/mol. The van der Waals surface area contributed by atoms with Gasteiger partial charge in [0.1, 0.15) is 22.9 Å². The first-order valence-electron chi connectivity index (χ1n) is 14.7. The lowest BCUT2D eigenvalue weighted by molar-refractivity contribution is -0.189. The molecule has 0 radical (unpaired) electrons. The fourth-order valence-electron chi connectivity index (χ4n) is 4.70. The lowest BCUT2D eigenvalue weighted by Gasteiger charge is -2.20. The van der Waals surface area contributed by atoms with Crippen LogP contribution in [0.5, 0.6) is 17.2 Å². The maximum atomic E-state index is 15.1. The predicted molar refractivity (Wildman–Crippen MR) is 153 cm³/mol. The minimum atomic E-state index is -4.24. The van der Waals surface area contributed by atoms with Crippen molar-refractivity contribution in [1.82, 2.24) is 0 Å². The predicted octanol–water partition coefficient (Wildman–Crippen LogP) is 11.3. The third-order valence-corrected chi connectivity index (χ3v) is 7.06. The van der Waals surface area contributed by atoms with Gasteiger partial charge in [-0.15, -0.1) is 0 Å². The van der Waals surface area contributed by atoms with Gasteiger partial charge in [0, 0.05) is 0 Å². The minimum Gasteiger partial charge on any atom is -0.454 e. The number of ether oxygens (including phenoxy) is 2. The second-order valence-electron chi connectivity index (χ2n) is 10.4. The van der Waals surface area contributed by atoms with Crippen LogP contribution in [-0.4, -0.2) is 0 Å². The van der Waals surface area contributed by atoms with Gasteiger partial charge < -0.3 is 9.47 Å². The van der Waals surface area contributed by atoms with Gasteiger partial charge in [-0.05, 0) is 73.2 Å². The Labute approximate surface area is 236 Å². The Morgan fingerprint density at radius 1 is 0.575 bits per heavy atom. The molecule has 0 N–H and O–H groups in total. The Hall–Kier alpha value is -3.02. The number of hydrogen-bond acceptors (Lipinski definition) is 2. The lowest BCUT2D eigenvalue weighted by Crippen LogP contribution is -2.25. The van der Waals surface area contributed by atoms with Crippen molar-refractivity contribution in [3.8, 4) is 17.2 Å². The van der Waals surface area contributed by atoms with E-state index in [-0.39, 0.29) is 11.5 Å². The second kappa shape index (κ2) is 16.3. The molecule has 218 valence electrons. The number of benzene rings is 3. The van der Waals surface area contributed by atoms with Crippen LogP contribution in [0, 0.1) is 11.6 Å². The van der Waals surface area contributed by atoms with E-state index in [1.165, 1.54) is 50.7 Å². The molecule has 0 aliphatic heterocycles. The summed E-state index contributed by atoms with van der Waals surface area (Å²) in [6.07, 6.45) is 10.4. The highest BCUT2D eigenvalue weighted by molar-refractivity contribution is 5.39. The Morgan fingerprint density at radius 3 is 1.60 bits per heavy atom. The third kappa shape index (κ3) is 9.87. The van der Waals surface area contributed by atoms with Crippen molar-refractivity contribution in [2.24, 2.45) is 0 Å². The zero-order valence-electron chi connectivity index (χ0n) is 23.8. The minimum absolute atomic E-state index is 0.173. The molecule has 3 rings (SSSR count). The van der Waals surface area contributed by atoms with Gasteiger partial charge in [-0.25, -0.2) is 8.78 Å². The van der Waals surface area contributed by atoms with E-state index in [0.717, 1.165) is 68.2 Å². The molecule has 0 heterocycles. The summed E-state index contributed by atoms with van der Waals surface area (Å²) >= 11 is 0. The molecule has 0 bridgehead atoms. The van der Waals surface area contributed by atoms with Crippen molar-refractivity contribution in [3.63, 3.8) is 0 Å². The Kier molecular flexibility index (Phi) is 12.8. The van der Waals surface area contributed by atoms with Crippen LogP contribution in [0.3, 0.4) is 0 Å². The van der Waals surface area contributed by atoms with E-state index in [1.807, 2.05) is 12.1 Å². The number of hydrogen-bond donors (Lipinski definition) is 0. The number of alkyl halides is 2. The van der Waals surface area contributed by atoms with Crippen molar-refractivity contribution in [2.75, 3.05) is 0 Å². The second-order valence-corrected chi connectivity index (χ2v) is 10.4. The van der Waals surface area contributed by atoms with Crippen molar-refractivity contribution in [3.05, 3.63) is 89.0 Å². The van der Waals surface area contributed by atoms with Crippen LogP contribution >= 0.6 is 0 Å². The molecule has 3 aromatic rings. The fourth-order valence-corrected chi connectivity index (χ4v) is 4.70. The SMILES string of the molecule is CCCCCCCCCc1ccc(OC(F)(F)c2c(F)ccc(Oc3ccc(CCCCCC)cc3)c2F)cc1. The maximum absolute atomic E-state index is 15.1. The molecule has 0 aliphatic rings. The summed E-state index contributed by atoms with van der Waals surface area (Å²) in [5, 5.41) is 0. The van der Waals surface area contributed by atoms with Crippen LogP contribution in [0.4, 0.5) is 17.6 Å². The quantitative estimate of drug-likeness (QED) is 0.114. The number of unbranched alkanes of at least 4 members (excludes halogenated alkanes) is 9. The molecule has 40 heavy (non-hydrogen) atoms. The smallest absolute Gasteiger partial charge is 0.432 e. The van der Waals surface area contributed by atoms with Crippen molar-refractivity contribution < 1.29 is 27.0 Å². The molecule has 3 aromatic carbocycles. The molecular weight excluding hydrogens is 516 g/mol. The highest BCUT2D eigenvalue weighted by Crippen LogP contribution is 2.39. The van der Waals surface area contributed by atoms with E-state index in [0.29, 0.717) is 0 Å². The number of aryl methyl sites for hydroxylation is 2. The van der Waals surface area contributed by atoms with E-state index in [4.69, 9.17) is 9.47 Å². The number of halogens is 4. The molecule has 0 aliphatic carbocycles. The Morgan fingerprint density at radius 2 is 1.05 bits per heavy atom. The first kappa shape index (κ1) is 31.5. The van der Waals surface area contributed by atoms with Crippen LogP contribution in [0.1, 0.15) is 101 Å². The average molecular weight is 559 g/mol. The summed E-state index contributed by atoms with van der Waals surface area (Å²) in [5.41, 5.74) is 0.630. The van der Waals surface area contributed by atoms with Crippen LogP contribution in [0.2, 0.25) is 0 Å². The summed E-state index contributed by atoms with van der Waals surface area (Å²) in [4.78, 5) is 0. The first-order valence-corrected chi connectivity index (χ1v) is 14.7. The molecule has 6 heteroatoms. The molecule has 0 saturated heterocycles. The topological polar surface area (TPSA) is 18.5 Å². The van der Waals surface area contributed by atoms with Crippen molar-refractivity contribution in [2.45, 2.75) is 103 Å². The van der Waals surface area contributed by atoms with Gasteiger partial charge in [-0.2, -0.15) is 8.78 Å². The standard InChI is InChI=1S/C34H42F4O2/c1-3-5-7-9-10-11-13-15-27-18-22-29(23-19-27)40-34(37,38)32-30(35)24-25-31(33(32)36)39-28-20-16-26(17-21-28)14-12-8-6-4-2/h16-25H,3-15H2,1-2H3. The van der Waals surface area contributed by atoms with Crippen LogP contribution in [-0.2, 0) is 19.0 Å². The third-order valence-electron chi connectivity index (χ3n) is 7.06. The molecule has 0 unspecified atom stereocenters. The van der Waals surface area contributed by atoms with E-state index < -0.39 is 29.1 Å². The summed E-state index contributed by atoms with van der Waals surface area (Å²) in [5.74, 6) is -3.31. The Balaban J connectivity index is 1.60. The van der Waals surface area contributed by atoms with E-state index in [2.05, 4.69) is 13.8 Å². The van der Waals surface area contributed by atoms with Gasteiger partial charge in [0.2, 0.25) is 0 Å². The highest BCUT2D eigenvalue weighted by Gasteiger charge is 2.42. The van der Waals surface area contributed by atoms with E-state index >= 15 is 13.2 Å². The highest BCUT2D eigenvalue weighted by atomic mass is 19.3. The average Bonchev–Trinajstić information content (AvgIpc) is 2.93. The zero-order valence-corrected chi connectivity index (χ0v) is 23.8. The molecule has 0 saturated carbocycles.